The van der Waals surface area contributed by atoms with Gasteiger partial charge in [0.15, 0.2) is 5.96 Å². The molecule has 0 spiro atoms. The van der Waals surface area contributed by atoms with Crippen molar-refractivity contribution >= 4 is 35.8 Å². The number of aliphatic imine (C=N–C) groups is 1. The first kappa shape index (κ1) is 24.6. The molecule has 158 valence electrons. The lowest BCUT2D eigenvalue weighted by Crippen LogP contribution is -2.50. The number of hydrogen-bond acceptors (Lipinski definition) is 3. The maximum atomic E-state index is 13.7. The molecule has 0 aliphatic carbocycles. The van der Waals surface area contributed by atoms with Crippen LogP contribution in [0.3, 0.4) is 0 Å². The summed E-state index contributed by atoms with van der Waals surface area (Å²) in [6.07, 6.45) is 1.79. The number of guanidine groups is 1. The number of hydrogen-bond donors (Lipinski definition) is 2. The number of likely N-dealkylation sites (tertiary alicyclic amines) is 1. The smallest absolute Gasteiger partial charge is 0.225 e. The van der Waals surface area contributed by atoms with Crippen LogP contribution in [0.15, 0.2) is 23.2 Å². The molecule has 1 fully saturated rings. The van der Waals surface area contributed by atoms with Crippen LogP contribution in [0.2, 0.25) is 0 Å². The summed E-state index contributed by atoms with van der Waals surface area (Å²) in [4.78, 5) is 18.3. The molecule has 6 nitrogen and oxygen atoms in total. The molecule has 0 unspecified atom stereocenters. The van der Waals surface area contributed by atoms with Crippen LogP contribution >= 0.6 is 24.0 Å². The third kappa shape index (κ3) is 7.20. The molecule has 1 saturated heterocycles. The lowest BCUT2D eigenvalue weighted by Gasteiger charge is -2.34. The number of nitrogens with one attached hydrogen (secondary N) is 2. The Hall–Kier alpha value is -1.42. The second-order valence-corrected chi connectivity index (χ2v) is 7.18. The minimum Gasteiger partial charge on any atom is -0.380 e. The van der Waals surface area contributed by atoms with Crippen molar-refractivity contribution in [3.8, 4) is 0 Å². The maximum absolute atomic E-state index is 13.7. The van der Waals surface area contributed by atoms with Crippen LogP contribution in [0.25, 0.3) is 0 Å². The zero-order chi connectivity index (χ0) is 19.8. The van der Waals surface area contributed by atoms with Crippen LogP contribution in [0.1, 0.15) is 37.8 Å². The molecular weight excluding hydrogens is 474 g/mol. The molecule has 0 aromatic heterocycles. The lowest BCUT2D eigenvalue weighted by molar-refractivity contribution is -0.135. The summed E-state index contributed by atoms with van der Waals surface area (Å²) in [5.41, 5.74) is 1.51. The third-order valence-electron chi connectivity index (χ3n) is 4.73. The van der Waals surface area contributed by atoms with E-state index in [4.69, 9.17) is 4.74 Å². The Kier molecular flexibility index (Phi) is 10.7. The highest BCUT2D eigenvalue weighted by Gasteiger charge is 2.24. The fourth-order valence-electron chi connectivity index (χ4n) is 3.19. The minimum atomic E-state index is -0.259. The maximum Gasteiger partial charge on any atom is 0.225 e. The summed E-state index contributed by atoms with van der Waals surface area (Å²) in [6.45, 7) is 6.20. The summed E-state index contributed by atoms with van der Waals surface area (Å²) in [7, 11) is 3.28. The van der Waals surface area contributed by atoms with E-state index in [2.05, 4.69) is 15.6 Å². The number of ether oxygens (including phenoxy) is 1. The largest absolute Gasteiger partial charge is 0.380 e. The van der Waals surface area contributed by atoms with E-state index in [9.17, 15) is 9.18 Å². The molecule has 2 N–H and O–H groups in total. The molecule has 1 aliphatic rings. The molecule has 1 aromatic rings. The molecule has 0 saturated carbocycles. The molecule has 0 bridgehead atoms. The quantitative estimate of drug-likeness (QED) is 0.354. The first-order valence-electron chi connectivity index (χ1n) is 9.46. The Balaban J connectivity index is 0.00000392. The Morgan fingerprint density at radius 1 is 1.36 bits per heavy atom. The number of amides is 1. The van der Waals surface area contributed by atoms with Gasteiger partial charge in [0, 0.05) is 51.3 Å². The van der Waals surface area contributed by atoms with Gasteiger partial charge in [0.2, 0.25) is 5.91 Å². The number of methoxy groups -OCH3 is 1. The highest BCUT2D eigenvalue weighted by Crippen LogP contribution is 2.14. The van der Waals surface area contributed by atoms with Crippen molar-refractivity contribution in [2.45, 2.75) is 45.9 Å². The topological polar surface area (TPSA) is 66.0 Å². The van der Waals surface area contributed by atoms with E-state index >= 15 is 0 Å². The summed E-state index contributed by atoms with van der Waals surface area (Å²) >= 11 is 0. The average molecular weight is 506 g/mol. The molecule has 28 heavy (non-hydrogen) atoms. The van der Waals surface area contributed by atoms with E-state index in [1.807, 2.05) is 18.7 Å². The Bertz CT molecular complexity index is 662. The van der Waals surface area contributed by atoms with Crippen molar-refractivity contribution in [1.82, 2.24) is 15.5 Å². The zero-order valence-corrected chi connectivity index (χ0v) is 19.5. The summed E-state index contributed by atoms with van der Waals surface area (Å²) in [5, 5.41) is 6.69. The second kappa shape index (κ2) is 12.2. The van der Waals surface area contributed by atoms with Gasteiger partial charge in [-0.1, -0.05) is 19.9 Å². The number of nitrogens with zero attached hydrogens (tertiary/aromatic N) is 2. The summed E-state index contributed by atoms with van der Waals surface area (Å²) < 4.78 is 18.7. The van der Waals surface area contributed by atoms with E-state index in [1.165, 1.54) is 6.07 Å². The van der Waals surface area contributed by atoms with Crippen LogP contribution in [0.5, 0.6) is 0 Å². The number of benzene rings is 1. The molecule has 1 aliphatic heterocycles. The summed E-state index contributed by atoms with van der Waals surface area (Å²) in [6, 6.07) is 5.30. The minimum absolute atomic E-state index is 0. The molecule has 1 aromatic carbocycles. The van der Waals surface area contributed by atoms with Crippen LogP contribution in [-0.2, 0) is 22.7 Å². The van der Waals surface area contributed by atoms with Crippen LogP contribution in [0, 0.1) is 11.7 Å². The Morgan fingerprint density at radius 3 is 2.61 bits per heavy atom. The van der Waals surface area contributed by atoms with Crippen molar-refractivity contribution in [3.63, 3.8) is 0 Å². The van der Waals surface area contributed by atoms with Crippen molar-refractivity contribution in [1.29, 1.82) is 0 Å². The fraction of sp³-hybridized carbons (Fsp3) is 0.600. The van der Waals surface area contributed by atoms with Gasteiger partial charge in [0.05, 0.1) is 6.61 Å². The van der Waals surface area contributed by atoms with Gasteiger partial charge < -0.3 is 20.3 Å². The SMILES string of the molecule is CN=C(NCc1ccc(F)c(COC)c1)NC1CCN(C(=O)C(C)C)CC1.I. The van der Waals surface area contributed by atoms with Crippen molar-refractivity contribution in [2.75, 3.05) is 27.2 Å². The monoisotopic (exact) mass is 506 g/mol. The first-order chi connectivity index (χ1) is 12.9. The third-order valence-corrected chi connectivity index (χ3v) is 4.73. The van der Waals surface area contributed by atoms with E-state index in [0.717, 1.165) is 31.5 Å². The van der Waals surface area contributed by atoms with E-state index in [1.54, 1.807) is 26.3 Å². The van der Waals surface area contributed by atoms with Gasteiger partial charge in [0.25, 0.3) is 0 Å². The van der Waals surface area contributed by atoms with E-state index in [-0.39, 0.29) is 54.3 Å². The highest BCUT2D eigenvalue weighted by molar-refractivity contribution is 14.0. The fourth-order valence-corrected chi connectivity index (χ4v) is 3.19. The highest BCUT2D eigenvalue weighted by atomic mass is 127. The normalized spacial score (nSPS) is 15.4. The van der Waals surface area contributed by atoms with Gasteiger partial charge in [-0.05, 0) is 30.5 Å². The first-order valence-corrected chi connectivity index (χ1v) is 9.46. The molecule has 2 rings (SSSR count). The predicted octanol–water partition coefficient (Wildman–Crippen LogP) is 2.90. The van der Waals surface area contributed by atoms with Crippen molar-refractivity contribution in [3.05, 3.63) is 35.1 Å². The molecule has 1 heterocycles. The van der Waals surface area contributed by atoms with Crippen molar-refractivity contribution in [2.24, 2.45) is 10.9 Å². The van der Waals surface area contributed by atoms with Gasteiger partial charge in [-0.25, -0.2) is 4.39 Å². The Morgan fingerprint density at radius 2 is 2.04 bits per heavy atom. The van der Waals surface area contributed by atoms with Crippen LogP contribution in [-0.4, -0.2) is 50.1 Å². The Labute approximate surface area is 184 Å². The second-order valence-electron chi connectivity index (χ2n) is 7.18. The molecule has 0 radical (unpaired) electrons. The van der Waals surface area contributed by atoms with Gasteiger partial charge >= 0.3 is 0 Å². The van der Waals surface area contributed by atoms with Gasteiger partial charge in [-0.15, -0.1) is 24.0 Å². The summed E-state index contributed by atoms with van der Waals surface area (Å²) in [5.74, 6) is 0.717. The molecular formula is C20H32FIN4O2. The molecule has 1 amide bonds. The number of piperidine rings is 1. The number of carbonyl (C=O) groups excluding carboxylic acids is 1. The van der Waals surface area contributed by atoms with Crippen LogP contribution in [0.4, 0.5) is 4.39 Å². The van der Waals surface area contributed by atoms with Gasteiger partial charge in [0.1, 0.15) is 5.82 Å². The average Bonchev–Trinajstić information content (AvgIpc) is 2.67. The standard InChI is InChI=1S/C20H31FN4O2.HI/c1-14(2)19(26)25-9-7-17(8-10-25)24-20(22-3)23-12-15-5-6-18(21)16(11-15)13-27-4;/h5-6,11,14,17H,7-10,12-13H2,1-4H3,(H2,22,23,24);1H. The number of rotatable bonds is 6. The van der Waals surface area contributed by atoms with E-state index < -0.39 is 0 Å². The number of halogens is 2. The number of carbonyl (C=O) groups is 1. The van der Waals surface area contributed by atoms with Gasteiger partial charge in [-0.3, -0.25) is 9.79 Å². The van der Waals surface area contributed by atoms with Gasteiger partial charge in [-0.2, -0.15) is 0 Å². The molecule has 0 atom stereocenters. The van der Waals surface area contributed by atoms with E-state index in [0.29, 0.717) is 18.1 Å². The van der Waals surface area contributed by atoms with Crippen LogP contribution < -0.4 is 10.6 Å². The van der Waals surface area contributed by atoms with Crippen molar-refractivity contribution < 1.29 is 13.9 Å². The lowest BCUT2D eigenvalue weighted by atomic mass is 10.0. The zero-order valence-electron chi connectivity index (χ0n) is 17.1. The predicted molar refractivity (Wildman–Crippen MR) is 120 cm³/mol. The molecule has 8 heteroatoms.